The Labute approximate surface area is 164 Å². The van der Waals surface area contributed by atoms with Crippen molar-refractivity contribution in [2.24, 2.45) is 0 Å². The first kappa shape index (κ1) is 19.2. The van der Waals surface area contributed by atoms with Crippen LogP contribution in [0.1, 0.15) is 10.4 Å². The summed E-state index contributed by atoms with van der Waals surface area (Å²) in [6, 6.07) is 10.2. The smallest absolute Gasteiger partial charge is 0.283 e. The van der Waals surface area contributed by atoms with Crippen LogP contribution >= 0.6 is 11.6 Å². The number of hydrogen-bond donors (Lipinski definition) is 1. The molecule has 0 aromatic heterocycles. The van der Waals surface area contributed by atoms with E-state index in [2.05, 4.69) is 5.32 Å². The average Bonchev–Trinajstić information content (AvgIpc) is 2.91. The maximum absolute atomic E-state index is 12.9. The van der Waals surface area contributed by atoms with Crippen LogP contribution in [0.25, 0.3) is 0 Å². The fourth-order valence-corrected chi connectivity index (χ4v) is 2.88. The minimum Gasteiger partial charge on any atom is -0.545 e. The van der Waals surface area contributed by atoms with E-state index in [1.807, 2.05) is 0 Å². The number of aromatic carboxylic acids is 1. The van der Waals surface area contributed by atoms with E-state index >= 15 is 0 Å². The number of carbonyl (C=O) groups is 3. The van der Waals surface area contributed by atoms with E-state index in [1.54, 1.807) is 12.1 Å². The lowest BCUT2D eigenvalue weighted by molar-refractivity contribution is -0.255. The average molecular weight is 402 g/mol. The molecule has 8 nitrogen and oxygen atoms in total. The number of benzene rings is 2. The quantitative estimate of drug-likeness (QED) is 0.731. The third-order valence-corrected chi connectivity index (χ3v) is 4.37. The Hall–Kier alpha value is -3.52. The number of imide groups is 1. The highest BCUT2D eigenvalue weighted by atomic mass is 35.5. The second-order valence-corrected chi connectivity index (χ2v) is 6.04. The first-order valence-corrected chi connectivity index (χ1v) is 8.34. The molecule has 1 aliphatic rings. The van der Waals surface area contributed by atoms with Gasteiger partial charge < -0.3 is 24.7 Å². The Morgan fingerprint density at radius 1 is 1.07 bits per heavy atom. The molecule has 0 bridgehead atoms. The second-order valence-electron chi connectivity index (χ2n) is 5.67. The molecule has 0 fully saturated rings. The van der Waals surface area contributed by atoms with Crippen LogP contribution in [0.2, 0.25) is 0 Å². The zero-order valence-corrected chi connectivity index (χ0v) is 15.6. The molecule has 0 radical (unpaired) electrons. The molecular formula is C19H14ClN2O6-. The van der Waals surface area contributed by atoms with Gasteiger partial charge in [-0.2, -0.15) is 0 Å². The first-order chi connectivity index (χ1) is 13.4. The van der Waals surface area contributed by atoms with Gasteiger partial charge in [-0.25, -0.2) is 4.90 Å². The normalized spacial score (nSPS) is 13.8. The minimum absolute atomic E-state index is 0.0928. The molecule has 0 atom stereocenters. The lowest BCUT2D eigenvalue weighted by Crippen LogP contribution is -2.32. The molecule has 144 valence electrons. The van der Waals surface area contributed by atoms with E-state index in [9.17, 15) is 19.5 Å². The van der Waals surface area contributed by atoms with Gasteiger partial charge in [-0.1, -0.05) is 23.7 Å². The zero-order chi connectivity index (χ0) is 20.4. The van der Waals surface area contributed by atoms with Crippen molar-refractivity contribution < 1.29 is 29.0 Å². The van der Waals surface area contributed by atoms with Crippen LogP contribution in [0.15, 0.2) is 53.2 Å². The Morgan fingerprint density at radius 2 is 1.82 bits per heavy atom. The van der Waals surface area contributed by atoms with Gasteiger partial charge in [0.2, 0.25) is 0 Å². The van der Waals surface area contributed by atoms with Crippen molar-refractivity contribution in [1.29, 1.82) is 0 Å². The first-order valence-electron chi connectivity index (χ1n) is 7.96. The number of halogens is 1. The van der Waals surface area contributed by atoms with Gasteiger partial charge >= 0.3 is 0 Å². The molecule has 0 spiro atoms. The monoisotopic (exact) mass is 401 g/mol. The fraction of sp³-hybridized carbons (Fsp3) is 0.105. The molecule has 2 aromatic rings. The highest BCUT2D eigenvalue weighted by Crippen LogP contribution is 2.37. The summed E-state index contributed by atoms with van der Waals surface area (Å²) >= 11 is 6.09. The van der Waals surface area contributed by atoms with Gasteiger partial charge in [0.05, 0.1) is 25.9 Å². The van der Waals surface area contributed by atoms with Gasteiger partial charge in [0.25, 0.3) is 11.8 Å². The molecule has 1 N–H and O–H groups in total. The van der Waals surface area contributed by atoms with Crippen LogP contribution in [0, 0.1) is 0 Å². The summed E-state index contributed by atoms with van der Waals surface area (Å²) in [5.74, 6) is -2.17. The number of anilines is 2. The summed E-state index contributed by atoms with van der Waals surface area (Å²) in [6.07, 6.45) is 0. The number of carbonyl (C=O) groups excluding carboxylic acids is 3. The molecule has 1 aliphatic heterocycles. The summed E-state index contributed by atoms with van der Waals surface area (Å²) < 4.78 is 10.4. The van der Waals surface area contributed by atoms with E-state index in [0.29, 0.717) is 5.75 Å². The standard InChI is InChI=1S/C19H15ClN2O6/c1-27-12-6-7-14(28-2)13(9-12)22-17(23)15(20)16(18(22)24)21-11-5-3-4-10(8-11)19(25)26/h3-9,21H,1-2H3,(H,25,26)/p-1. The fourth-order valence-electron chi connectivity index (χ4n) is 2.67. The molecule has 2 amide bonds. The third kappa shape index (κ3) is 3.37. The molecule has 1 heterocycles. The van der Waals surface area contributed by atoms with Crippen LogP contribution in [-0.2, 0) is 9.59 Å². The van der Waals surface area contributed by atoms with Crippen molar-refractivity contribution in [3.8, 4) is 11.5 Å². The minimum atomic E-state index is -1.37. The maximum Gasteiger partial charge on any atom is 0.283 e. The van der Waals surface area contributed by atoms with E-state index in [1.165, 1.54) is 44.6 Å². The summed E-state index contributed by atoms with van der Waals surface area (Å²) in [5, 5.41) is 13.4. The molecule has 0 aliphatic carbocycles. The number of nitrogens with zero attached hydrogens (tertiary/aromatic N) is 1. The number of rotatable bonds is 6. The van der Waals surface area contributed by atoms with E-state index < -0.39 is 17.8 Å². The second kappa shape index (κ2) is 7.61. The van der Waals surface area contributed by atoms with Crippen molar-refractivity contribution in [2.75, 3.05) is 24.4 Å². The number of carboxylic acid groups (broad SMARTS) is 1. The van der Waals surface area contributed by atoms with Gasteiger partial charge in [-0.3, -0.25) is 9.59 Å². The van der Waals surface area contributed by atoms with E-state index in [0.717, 1.165) is 4.90 Å². The predicted molar refractivity (Wildman–Crippen MR) is 99.3 cm³/mol. The number of hydrogen-bond acceptors (Lipinski definition) is 7. The Morgan fingerprint density at radius 3 is 2.46 bits per heavy atom. The zero-order valence-electron chi connectivity index (χ0n) is 14.8. The van der Waals surface area contributed by atoms with Crippen molar-refractivity contribution in [1.82, 2.24) is 0 Å². The highest BCUT2D eigenvalue weighted by Gasteiger charge is 2.40. The molecule has 0 saturated carbocycles. The summed E-state index contributed by atoms with van der Waals surface area (Å²) in [7, 11) is 2.84. The third-order valence-electron chi connectivity index (χ3n) is 4.02. The summed E-state index contributed by atoms with van der Waals surface area (Å²) in [5.41, 5.74) is 0.141. The van der Waals surface area contributed by atoms with Gasteiger partial charge in [-0.15, -0.1) is 0 Å². The van der Waals surface area contributed by atoms with Crippen molar-refractivity contribution in [3.63, 3.8) is 0 Å². The SMILES string of the molecule is COc1ccc(OC)c(N2C(=O)C(Cl)=C(Nc3cccc(C(=O)[O-])c3)C2=O)c1. The van der Waals surface area contributed by atoms with Crippen LogP contribution in [0.4, 0.5) is 11.4 Å². The van der Waals surface area contributed by atoms with Gasteiger partial charge in [0.15, 0.2) is 0 Å². The Balaban J connectivity index is 1.97. The van der Waals surface area contributed by atoms with Crippen LogP contribution in [-0.4, -0.2) is 32.0 Å². The van der Waals surface area contributed by atoms with Crippen LogP contribution in [0.5, 0.6) is 11.5 Å². The Kier molecular flexibility index (Phi) is 5.23. The maximum atomic E-state index is 12.9. The van der Waals surface area contributed by atoms with Crippen molar-refractivity contribution >= 4 is 40.8 Å². The summed E-state index contributed by atoms with van der Waals surface area (Å²) in [6.45, 7) is 0. The summed E-state index contributed by atoms with van der Waals surface area (Å²) in [4.78, 5) is 37.4. The lowest BCUT2D eigenvalue weighted by atomic mass is 10.2. The lowest BCUT2D eigenvalue weighted by Gasteiger charge is -2.19. The van der Waals surface area contributed by atoms with Crippen molar-refractivity contribution in [3.05, 3.63) is 58.8 Å². The molecule has 2 aromatic carbocycles. The van der Waals surface area contributed by atoms with Gasteiger partial charge in [-0.05, 0) is 29.8 Å². The molecule has 9 heteroatoms. The highest BCUT2D eigenvalue weighted by molar-refractivity contribution is 6.53. The largest absolute Gasteiger partial charge is 0.545 e. The van der Waals surface area contributed by atoms with Gasteiger partial charge in [0.1, 0.15) is 22.2 Å². The van der Waals surface area contributed by atoms with Gasteiger partial charge in [0, 0.05) is 11.8 Å². The molecule has 28 heavy (non-hydrogen) atoms. The number of ether oxygens (including phenoxy) is 2. The molecule has 0 unspecified atom stereocenters. The van der Waals surface area contributed by atoms with E-state index in [4.69, 9.17) is 21.1 Å². The van der Waals surface area contributed by atoms with E-state index in [-0.39, 0.29) is 33.4 Å². The topological polar surface area (TPSA) is 108 Å². The van der Waals surface area contributed by atoms with Crippen LogP contribution in [0.3, 0.4) is 0 Å². The molecule has 3 rings (SSSR count). The number of nitrogens with one attached hydrogen (secondary N) is 1. The Bertz CT molecular complexity index is 1020. The number of carboxylic acids is 1. The molecular weight excluding hydrogens is 388 g/mol. The molecule has 0 saturated heterocycles. The number of methoxy groups -OCH3 is 2. The van der Waals surface area contributed by atoms with Crippen molar-refractivity contribution in [2.45, 2.75) is 0 Å². The van der Waals surface area contributed by atoms with Crippen LogP contribution < -0.4 is 24.8 Å². The predicted octanol–water partition coefficient (Wildman–Crippen LogP) is 1.50. The number of amides is 2.